The number of nitrogens with zero attached hydrogens (tertiary/aromatic N) is 2. The third kappa shape index (κ3) is 2.36. The van der Waals surface area contributed by atoms with E-state index in [9.17, 15) is 9.18 Å². The van der Waals surface area contributed by atoms with Crippen molar-refractivity contribution in [3.63, 3.8) is 0 Å². The van der Waals surface area contributed by atoms with Crippen LogP contribution in [-0.2, 0) is 6.54 Å². The average Bonchev–Trinajstić information content (AvgIpc) is 2.34. The fourth-order valence-corrected chi connectivity index (χ4v) is 1.72. The van der Waals surface area contributed by atoms with Crippen LogP contribution in [-0.4, -0.2) is 9.55 Å². The lowest BCUT2D eigenvalue weighted by Gasteiger charge is -2.09. The summed E-state index contributed by atoms with van der Waals surface area (Å²) in [5, 5.41) is -0.0211. The maximum Gasteiger partial charge on any atom is 0.278 e. The highest BCUT2D eigenvalue weighted by Gasteiger charge is 2.08. The molecule has 0 saturated carbocycles. The molecule has 1 aromatic heterocycles. The van der Waals surface area contributed by atoms with Crippen LogP contribution in [0.1, 0.15) is 11.1 Å². The van der Waals surface area contributed by atoms with Gasteiger partial charge in [-0.25, -0.2) is 9.37 Å². The number of nitrogen functional groups attached to an aromatic ring is 1. The Hall–Kier alpha value is -1.88. The monoisotopic (exact) mass is 267 g/mol. The van der Waals surface area contributed by atoms with Gasteiger partial charge in [0.05, 0.1) is 12.9 Å². The van der Waals surface area contributed by atoms with Gasteiger partial charge >= 0.3 is 0 Å². The molecule has 4 nitrogen and oxygen atoms in total. The fraction of sp³-hybridized carbons (Fsp3) is 0.167. The highest BCUT2D eigenvalue weighted by molar-refractivity contribution is 6.31. The second-order valence-corrected chi connectivity index (χ2v) is 4.31. The Morgan fingerprint density at radius 1 is 1.50 bits per heavy atom. The Bertz CT molecular complexity index is 654. The number of hydrogen-bond acceptors (Lipinski definition) is 3. The SMILES string of the molecule is Cc1ccc(F)cc1Cn1cnc(Cl)c(N)c1=O. The normalized spacial score (nSPS) is 10.6. The summed E-state index contributed by atoms with van der Waals surface area (Å²) in [4.78, 5) is 15.6. The Morgan fingerprint density at radius 3 is 2.94 bits per heavy atom. The average molecular weight is 268 g/mol. The number of rotatable bonds is 2. The first-order valence-corrected chi connectivity index (χ1v) is 5.62. The van der Waals surface area contributed by atoms with Gasteiger partial charge in [-0.1, -0.05) is 17.7 Å². The predicted octanol–water partition coefficient (Wildman–Crippen LogP) is 1.97. The van der Waals surface area contributed by atoms with Gasteiger partial charge in [0.1, 0.15) is 11.5 Å². The van der Waals surface area contributed by atoms with E-state index in [0.29, 0.717) is 5.56 Å². The molecule has 2 aromatic rings. The summed E-state index contributed by atoms with van der Waals surface area (Å²) in [5.41, 5.74) is 6.55. The van der Waals surface area contributed by atoms with Crippen molar-refractivity contribution in [3.05, 3.63) is 57.0 Å². The standard InChI is InChI=1S/C12H11ClFN3O/c1-7-2-3-9(14)4-8(7)5-17-6-16-11(13)10(15)12(17)18/h2-4,6H,5,15H2,1H3. The Labute approximate surface area is 108 Å². The van der Waals surface area contributed by atoms with Gasteiger partial charge in [0.25, 0.3) is 5.56 Å². The van der Waals surface area contributed by atoms with Crippen molar-refractivity contribution >= 4 is 17.3 Å². The van der Waals surface area contributed by atoms with Crippen LogP contribution < -0.4 is 11.3 Å². The molecule has 0 radical (unpaired) electrons. The van der Waals surface area contributed by atoms with E-state index in [0.717, 1.165) is 5.56 Å². The van der Waals surface area contributed by atoms with Crippen LogP contribution in [0.5, 0.6) is 0 Å². The first-order chi connectivity index (χ1) is 8.49. The minimum Gasteiger partial charge on any atom is -0.392 e. The number of hydrogen-bond donors (Lipinski definition) is 1. The molecule has 0 fully saturated rings. The van der Waals surface area contributed by atoms with Crippen LogP contribution in [0.25, 0.3) is 0 Å². The molecular formula is C12H11ClFN3O. The number of anilines is 1. The molecule has 0 aliphatic rings. The second kappa shape index (κ2) is 4.78. The van der Waals surface area contributed by atoms with Crippen LogP contribution >= 0.6 is 11.6 Å². The van der Waals surface area contributed by atoms with E-state index in [1.54, 1.807) is 6.07 Å². The van der Waals surface area contributed by atoms with Crippen LogP contribution in [0.2, 0.25) is 5.15 Å². The maximum atomic E-state index is 13.1. The van der Waals surface area contributed by atoms with Crippen LogP contribution in [0.3, 0.4) is 0 Å². The summed E-state index contributed by atoms with van der Waals surface area (Å²) >= 11 is 5.64. The maximum absolute atomic E-state index is 13.1. The van der Waals surface area contributed by atoms with E-state index in [1.165, 1.54) is 23.0 Å². The van der Waals surface area contributed by atoms with Crippen molar-refractivity contribution in [2.75, 3.05) is 5.73 Å². The summed E-state index contributed by atoms with van der Waals surface area (Å²) in [6.07, 6.45) is 1.30. The summed E-state index contributed by atoms with van der Waals surface area (Å²) in [6.45, 7) is 2.04. The van der Waals surface area contributed by atoms with E-state index in [1.807, 2.05) is 6.92 Å². The van der Waals surface area contributed by atoms with Crippen LogP contribution in [0.4, 0.5) is 10.1 Å². The number of halogens is 2. The van der Waals surface area contributed by atoms with E-state index >= 15 is 0 Å². The van der Waals surface area contributed by atoms with E-state index in [4.69, 9.17) is 17.3 Å². The van der Waals surface area contributed by atoms with Gasteiger partial charge in [0, 0.05) is 0 Å². The summed E-state index contributed by atoms with van der Waals surface area (Å²) < 4.78 is 14.4. The van der Waals surface area contributed by atoms with Gasteiger partial charge in [0.2, 0.25) is 0 Å². The van der Waals surface area contributed by atoms with Gasteiger partial charge in [0.15, 0.2) is 5.15 Å². The number of benzene rings is 1. The van der Waals surface area contributed by atoms with Gasteiger partial charge in [-0.2, -0.15) is 0 Å². The van der Waals surface area contributed by atoms with Crippen molar-refractivity contribution in [1.29, 1.82) is 0 Å². The first kappa shape index (κ1) is 12.6. The Kier molecular flexibility index (Phi) is 3.34. The molecular weight excluding hydrogens is 257 g/mol. The molecule has 0 aliphatic heterocycles. The molecule has 2 rings (SSSR count). The lowest BCUT2D eigenvalue weighted by atomic mass is 10.1. The molecule has 0 spiro atoms. The zero-order valence-electron chi connectivity index (χ0n) is 9.65. The molecule has 0 saturated heterocycles. The molecule has 0 bridgehead atoms. The minimum atomic E-state index is -0.432. The summed E-state index contributed by atoms with van der Waals surface area (Å²) in [7, 11) is 0. The van der Waals surface area contributed by atoms with Crippen molar-refractivity contribution in [2.24, 2.45) is 0 Å². The molecule has 1 aromatic carbocycles. The highest BCUT2D eigenvalue weighted by Crippen LogP contribution is 2.13. The molecule has 2 N–H and O–H groups in total. The van der Waals surface area contributed by atoms with Crippen molar-refractivity contribution < 1.29 is 4.39 Å². The largest absolute Gasteiger partial charge is 0.392 e. The number of aryl methyl sites for hydroxylation is 1. The van der Waals surface area contributed by atoms with Crippen LogP contribution in [0, 0.1) is 12.7 Å². The lowest BCUT2D eigenvalue weighted by molar-refractivity contribution is 0.621. The third-order valence-corrected chi connectivity index (χ3v) is 2.98. The third-order valence-electron chi connectivity index (χ3n) is 2.68. The quantitative estimate of drug-likeness (QED) is 0.847. The fourth-order valence-electron chi connectivity index (χ4n) is 1.59. The van der Waals surface area contributed by atoms with E-state index < -0.39 is 5.56 Å². The molecule has 0 unspecified atom stereocenters. The van der Waals surface area contributed by atoms with Gasteiger partial charge in [-0.15, -0.1) is 0 Å². The summed E-state index contributed by atoms with van der Waals surface area (Å²) in [6, 6.07) is 4.41. The zero-order chi connectivity index (χ0) is 13.3. The molecule has 1 heterocycles. The highest BCUT2D eigenvalue weighted by atomic mass is 35.5. The Balaban J connectivity index is 2.44. The molecule has 18 heavy (non-hydrogen) atoms. The first-order valence-electron chi connectivity index (χ1n) is 5.24. The zero-order valence-corrected chi connectivity index (χ0v) is 10.4. The topological polar surface area (TPSA) is 60.9 Å². The smallest absolute Gasteiger partial charge is 0.278 e. The molecule has 94 valence electrons. The van der Waals surface area contributed by atoms with Gasteiger partial charge in [-0.05, 0) is 30.2 Å². The Morgan fingerprint density at radius 2 is 2.22 bits per heavy atom. The molecule has 0 atom stereocenters. The van der Waals surface area contributed by atoms with Crippen molar-refractivity contribution in [3.8, 4) is 0 Å². The van der Waals surface area contributed by atoms with Gasteiger partial charge in [-0.3, -0.25) is 9.36 Å². The molecule has 0 aliphatic carbocycles. The summed E-state index contributed by atoms with van der Waals surface area (Å²) in [5.74, 6) is -0.349. The van der Waals surface area contributed by atoms with Crippen molar-refractivity contribution in [2.45, 2.75) is 13.5 Å². The number of aromatic nitrogens is 2. The van der Waals surface area contributed by atoms with Crippen LogP contribution in [0.15, 0.2) is 29.3 Å². The minimum absolute atomic E-state index is 0.0211. The molecule has 6 heteroatoms. The van der Waals surface area contributed by atoms with Crippen molar-refractivity contribution in [1.82, 2.24) is 9.55 Å². The van der Waals surface area contributed by atoms with E-state index in [-0.39, 0.29) is 23.2 Å². The van der Waals surface area contributed by atoms with Gasteiger partial charge < -0.3 is 5.73 Å². The predicted molar refractivity (Wildman–Crippen MR) is 68.2 cm³/mol. The lowest BCUT2D eigenvalue weighted by Crippen LogP contribution is -2.24. The number of nitrogens with two attached hydrogens (primary N) is 1. The van der Waals surface area contributed by atoms with E-state index in [2.05, 4.69) is 4.98 Å². The molecule has 0 amide bonds. The second-order valence-electron chi connectivity index (χ2n) is 3.95.